The van der Waals surface area contributed by atoms with Crippen molar-refractivity contribution in [1.29, 1.82) is 0 Å². The summed E-state index contributed by atoms with van der Waals surface area (Å²) in [5.41, 5.74) is 1.59. The van der Waals surface area contributed by atoms with Crippen molar-refractivity contribution in [3.8, 4) is 0 Å². The van der Waals surface area contributed by atoms with Crippen LogP contribution < -0.4 is 10.6 Å². The molecule has 1 rings (SSSR count). The van der Waals surface area contributed by atoms with Crippen LogP contribution in [0.5, 0.6) is 0 Å². The number of anilines is 1. The first-order valence-corrected chi connectivity index (χ1v) is 5.39. The fourth-order valence-corrected chi connectivity index (χ4v) is 1.39. The van der Waals surface area contributed by atoms with Gasteiger partial charge in [-0.05, 0) is 24.2 Å². The van der Waals surface area contributed by atoms with Gasteiger partial charge >= 0.3 is 0 Å². The van der Waals surface area contributed by atoms with E-state index in [0.29, 0.717) is 6.54 Å². The minimum absolute atomic E-state index is 0.0963. The van der Waals surface area contributed by atoms with E-state index in [9.17, 15) is 9.90 Å². The molecule has 0 radical (unpaired) electrons. The maximum atomic E-state index is 10.8. The first kappa shape index (κ1) is 12.7. The maximum absolute atomic E-state index is 10.8. The van der Waals surface area contributed by atoms with Gasteiger partial charge in [0.25, 0.3) is 0 Å². The van der Waals surface area contributed by atoms with Crippen molar-refractivity contribution in [2.24, 2.45) is 0 Å². The first-order chi connectivity index (χ1) is 7.63. The number of amides is 1. The second-order valence-electron chi connectivity index (χ2n) is 3.63. The van der Waals surface area contributed by atoms with Crippen LogP contribution >= 0.6 is 0 Å². The number of carbonyl (C=O) groups is 1. The third kappa shape index (κ3) is 4.00. The van der Waals surface area contributed by atoms with Crippen LogP contribution in [0.1, 0.15) is 25.5 Å². The first-order valence-electron chi connectivity index (χ1n) is 5.39. The normalized spacial score (nSPS) is 12.2. The van der Waals surface area contributed by atoms with Gasteiger partial charge in [0.05, 0.1) is 6.10 Å². The van der Waals surface area contributed by atoms with Crippen molar-refractivity contribution in [3.63, 3.8) is 0 Å². The molecule has 0 aliphatic heterocycles. The lowest BCUT2D eigenvalue weighted by atomic mass is 10.1. The minimum Gasteiger partial charge on any atom is -0.387 e. The molecule has 3 N–H and O–H groups in total. The summed E-state index contributed by atoms with van der Waals surface area (Å²) in [5.74, 6) is -0.0963. The topological polar surface area (TPSA) is 61.4 Å². The van der Waals surface area contributed by atoms with Crippen molar-refractivity contribution in [2.45, 2.75) is 20.0 Å². The Morgan fingerprint density at radius 3 is 2.50 bits per heavy atom. The zero-order valence-electron chi connectivity index (χ0n) is 9.66. The van der Waals surface area contributed by atoms with Crippen LogP contribution in [0.25, 0.3) is 0 Å². The van der Waals surface area contributed by atoms with Crippen LogP contribution in [0.3, 0.4) is 0 Å². The van der Waals surface area contributed by atoms with E-state index in [2.05, 4.69) is 10.6 Å². The van der Waals surface area contributed by atoms with Crippen molar-refractivity contribution in [2.75, 3.05) is 18.4 Å². The number of aliphatic hydroxyl groups excluding tert-OH is 1. The Labute approximate surface area is 95.7 Å². The molecule has 0 aliphatic rings. The summed E-state index contributed by atoms with van der Waals surface area (Å²) >= 11 is 0. The van der Waals surface area contributed by atoms with Gasteiger partial charge in [-0.1, -0.05) is 19.1 Å². The molecule has 88 valence electrons. The van der Waals surface area contributed by atoms with E-state index in [1.807, 2.05) is 19.1 Å². The number of likely N-dealkylation sites (N-methyl/N-ethyl adjacent to an activating group) is 1. The van der Waals surface area contributed by atoms with Gasteiger partial charge in [-0.2, -0.15) is 0 Å². The maximum Gasteiger partial charge on any atom is 0.221 e. The van der Waals surface area contributed by atoms with Gasteiger partial charge in [0.1, 0.15) is 0 Å². The highest BCUT2D eigenvalue weighted by molar-refractivity contribution is 5.88. The molecule has 4 heteroatoms. The van der Waals surface area contributed by atoms with Crippen LogP contribution in [0.2, 0.25) is 0 Å². The average Bonchev–Trinajstić information content (AvgIpc) is 2.26. The Morgan fingerprint density at radius 2 is 2.00 bits per heavy atom. The number of benzene rings is 1. The zero-order chi connectivity index (χ0) is 12.0. The highest BCUT2D eigenvalue weighted by Crippen LogP contribution is 2.15. The Kier molecular flexibility index (Phi) is 4.95. The molecule has 0 saturated heterocycles. The van der Waals surface area contributed by atoms with Crippen LogP contribution in [0.4, 0.5) is 5.69 Å². The molecule has 1 aromatic rings. The highest BCUT2D eigenvalue weighted by Gasteiger charge is 2.06. The summed E-state index contributed by atoms with van der Waals surface area (Å²) < 4.78 is 0. The summed E-state index contributed by atoms with van der Waals surface area (Å²) in [7, 11) is 0. The molecule has 0 fully saturated rings. The molecular formula is C12H18N2O2. The third-order valence-electron chi connectivity index (χ3n) is 2.20. The summed E-state index contributed by atoms with van der Waals surface area (Å²) in [6.07, 6.45) is -0.508. The molecular weight excluding hydrogens is 204 g/mol. The number of hydrogen-bond donors (Lipinski definition) is 3. The third-order valence-corrected chi connectivity index (χ3v) is 2.20. The molecule has 0 spiro atoms. The van der Waals surface area contributed by atoms with Gasteiger partial charge in [-0.3, -0.25) is 4.79 Å². The molecule has 4 nitrogen and oxygen atoms in total. The molecule has 1 unspecified atom stereocenters. The summed E-state index contributed by atoms with van der Waals surface area (Å²) in [4.78, 5) is 10.8. The van der Waals surface area contributed by atoms with Gasteiger partial charge in [-0.15, -0.1) is 0 Å². The van der Waals surface area contributed by atoms with Gasteiger partial charge in [0.15, 0.2) is 0 Å². The largest absolute Gasteiger partial charge is 0.387 e. The number of rotatable bonds is 5. The van der Waals surface area contributed by atoms with E-state index in [4.69, 9.17) is 0 Å². The Hall–Kier alpha value is -1.39. The monoisotopic (exact) mass is 222 g/mol. The van der Waals surface area contributed by atoms with Crippen LogP contribution in [0, 0.1) is 0 Å². The highest BCUT2D eigenvalue weighted by atomic mass is 16.3. The van der Waals surface area contributed by atoms with Crippen LogP contribution in [-0.4, -0.2) is 24.1 Å². The van der Waals surface area contributed by atoms with Gasteiger partial charge < -0.3 is 15.7 Å². The van der Waals surface area contributed by atoms with Gasteiger partial charge in [0, 0.05) is 19.2 Å². The van der Waals surface area contributed by atoms with Crippen molar-refractivity contribution in [1.82, 2.24) is 5.32 Å². The van der Waals surface area contributed by atoms with E-state index in [-0.39, 0.29) is 5.91 Å². The average molecular weight is 222 g/mol. The summed E-state index contributed by atoms with van der Waals surface area (Å²) in [6, 6.07) is 7.19. The van der Waals surface area contributed by atoms with Crippen LogP contribution in [-0.2, 0) is 4.79 Å². The molecule has 0 aliphatic carbocycles. The fourth-order valence-electron chi connectivity index (χ4n) is 1.39. The molecule has 1 atom stereocenters. The van der Waals surface area contributed by atoms with Crippen LogP contribution in [0.15, 0.2) is 24.3 Å². The molecule has 0 bridgehead atoms. The van der Waals surface area contributed by atoms with E-state index in [0.717, 1.165) is 17.8 Å². The number of carbonyl (C=O) groups excluding carboxylic acids is 1. The second-order valence-corrected chi connectivity index (χ2v) is 3.63. The molecule has 16 heavy (non-hydrogen) atoms. The summed E-state index contributed by atoms with van der Waals surface area (Å²) in [6.45, 7) is 4.83. The van der Waals surface area contributed by atoms with Gasteiger partial charge in [-0.25, -0.2) is 0 Å². The molecule has 1 aromatic carbocycles. The predicted octanol–water partition coefficient (Wildman–Crippen LogP) is 1.29. The van der Waals surface area contributed by atoms with Gasteiger partial charge in [0.2, 0.25) is 5.91 Å². The van der Waals surface area contributed by atoms with Crippen molar-refractivity contribution < 1.29 is 9.90 Å². The smallest absolute Gasteiger partial charge is 0.221 e. The van der Waals surface area contributed by atoms with Crippen molar-refractivity contribution >= 4 is 11.6 Å². The Morgan fingerprint density at radius 1 is 1.38 bits per heavy atom. The number of hydrogen-bond acceptors (Lipinski definition) is 3. The number of nitrogens with one attached hydrogen (secondary N) is 2. The Balaban J connectivity index is 2.59. The molecule has 1 amide bonds. The lowest BCUT2D eigenvalue weighted by Crippen LogP contribution is -2.20. The SMILES string of the molecule is CCNCC(O)c1ccc(NC(C)=O)cc1. The predicted molar refractivity (Wildman–Crippen MR) is 64.2 cm³/mol. The molecule has 0 heterocycles. The van der Waals surface area contributed by atoms with E-state index in [1.54, 1.807) is 12.1 Å². The quantitative estimate of drug-likeness (QED) is 0.703. The van der Waals surface area contributed by atoms with Crippen molar-refractivity contribution in [3.05, 3.63) is 29.8 Å². The lowest BCUT2D eigenvalue weighted by molar-refractivity contribution is -0.114. The molecule has 0 saturated carbocycles. The lowest BCUT2D eigenvalue weighted by Gasteiger charge is -2.11. The zero-order valence-corrected chi connectivity index (χ0v) is 9.66. The van der Waals surface area contributed by atoms with E-state index < -0.39 is 6.10 Å². The summed E-state index contributed by atoms with van der Waals surface area (Å²) in [5, 5.41) is 15.5. The Bertz CT molecular complexity index is 335. The minimum atomic E-state index is -0.508. The fraction of sp³-hybridized carbons (Fsp3) is 0.417. The number of aliphatic hydroxyl groups is 1. The second kappa shape index (κ2) is 6.25. The molecule has 0 aromatic heterocycles. The van der Waals surface area contributed by atoms with E-state index >= 15 is 0 Å². The van der Waals surface area contributed by atoms with E-state index in [1.165, 1.54) is 6.92 Å². The standard InChI is InChI=1S/C12H18N2O2/c1-3-13-8-12(16)10-4-6-11(7-5-10)14-9(2)15/h4-7,12-13,16H,3,8H2,1-2H3,(H,14,15).